The Morgan fingerprint density at radius 3 is 2.45 bits per heavy atom. The number of sulfonamides is 1. The molecule has 0 atom stereocenters. The molecule has 1 aromatic heterocycles. The van der Waals surface area contributed by atoms with Crippen molar-refractivity contribution in [1.82, 2.24) is 19.4 Å². The van der Waals surface area contributed by atoms with Gasteiger partial charge in [0.25, 0.3) is 5.91 Å². The molecule has 9 nitrogen and oxygen atoms in total. The summed E-state index contributed by atoms with van der Waals surface area (Å²) in [6.07, 6.45) is 0.874. The topological polar surface area (TPSA) is 95.3 Å². The maximum atomic E-state index is 13.0. The number of piperazine rings is 1. The lowest BCUT2D eigenvalue weighted by Gasteiger charge is -2.33. The average molecular weight is 479 g/mol. The molecule has 33 heavy (non-hydrogen) atoms. The third kappa shape index (κ3) is 5.41. The van der Waals surface area contributed by atoms with Gasteiger partial charge in [0.15, 0.2) is 5.76 Å². The normalized spacial score (nSPS) is 19.2. The quantitative estimate of drug-likeness (QED) is 0.575. The second-order valence-electron chi connectivity index (χ2n) is 8.62. The molecule has 0 bridgehead atoms. The molecule has 2 aliphatic heterocycles. The van der Waals surface area contributed by atoms with E-state index >= 15 is 0 Å². The van der Waals surface area contributed by atoms with E-state index in [0.717, 1.165) is 45.7 Å². The minimum atomic E-state index is -3.61. The smallest absolute Gasteiger partial charge is 0.287 e. The van der Waals surface area contributed by atoms with E-state index in [0.29, 0.717) is 49.4 Å². The number of furan rings is 1. The molecule has 3 heterocycles. The van der Waals surface area contributed by atoms with Gasteiger partial charge in [-0.15, -0.1) is 0 Å². The van der Waals surface area contributed by atoms with Gasteiger partial charge >= 0.3 is 0 Å². The molecular weight excluding hydrogens is 444 g/mol. The molecule has 2 saturated heterocycles. The minimum absolute atomic E-state index is 0.205. The summed E-state index contributed by atoms with van der Waals surface area (Å²) in [5, 5.41) is 3.59. The fraction of sp³-hybridized carbons (Fsp3) is 0.609. The Bertz CT molecular complexity index is 1070. The number of carbonyl (C=O) groups excluding carboxylic acids is 1. The molecule has 4 rings (SSSR count). The number of aryl methyl sites for hydroxylation is 1. The highest BCUT2D eigenvalue weighted by atomic mass is 32.2. The van der Waals surface area contributed by atoms with Gasteiger partial charge in [0.05, 0.1) is 18.1 Å². The first-order chi connectivity index (χ1) is 15.9. The van der Waals surface area contributed by atoms with Gasteiger partial charge in [-0.1, -0.05) is 6.92 Å². The molecule has 1 N–H and O–H groups in total. The molecule has 2 fully saturated rings. The Labute approximate surface area is 195 Å². The molecule has 2 aromatic rings. The summed E-state index contributed by atoms with van der Waals surface area (Å²) in [5.41, 5.74) is 1.16. The predicted octanol–water partition coefficient (Wildman–Crippen LogP) is 1.52. The number of morpholine rings is 1. The van der Waals surface area contributed by atoms with Crippen molar-refractivity contribution in [2.45, 2.75) is 25.2 Å². The van der Waals surface area contributed by atoms with E-state index in [2.05, 4.69) is 22.0 Å². The van der Waals surface area contributed by atoms with Crippen LogP contribution in [0.1, 0.15) is 29.5 Å². The number of nitrogens with zero attached hydrogens (tertiary/aromatic N) is 3. The van der Waals surface area contributed by atoms with Gasteiger partial charge in [-0.2, -0.15) is 4.31 Å². The summed E-state index contributed by atoms with van der Waals surface area (Å²) in [4.78, 5) is 17.8. The fourth-order valence-electron chi connectivity index (χ4n) is 4.43. The molecule has 1 amide bonds. The van der Waals surface area contributed by atoms with Crippen molar-refractivity contribution in [3.05, 3.63) is 29.5 Å². The lowest BCUT2D eigenvalue weighted by atomic mass is 10.1. The summed E-state index contributed by atoms with van der Waals surface area (Å²) < 4.78 is 38.4. The zero-order valence-electron chi connectivity index (χ0n) is 19.5. The van der Waals surface area contributed by atoms with Gasteiger partial charge < -0.3 is 24.3 Å². The van der Waals surface area contributed by atoms with Gasteiger partial charge in [-0.3, -0.25) is 4.79 Å². The predicted molar refractivity (Wildman–Crippen MR) is 126 cm³/mol. The Morgan fingerprint density at radius 1 is 1.06 bits per heavy atom. The third-order valence-electron chi connectivity index (χ3n) is 6.57. The lowest BCUT2D eigenvalue weighted by Crippen LogP contribution is -2.46. The van der Waals surface area contributed by atoms with Gasteiger partial charge in [0, 0.05) is 56.8 Å². The summed E-state index contributed by atoms with van der Waals surface area (Å²) in [7, 11) is -3.61. The van der Waals surface area contributed by atoms with Gasteiger partial charge in [0.1, 0.15) is 5.58 Å². The van der Waals surface area contributed by atoms with Crippen LogP contribution in [-0.2, 0) is 14.8 Å². The lowest BCUT2D eigenvalue weighted by molar-refractivity contribution is 0.0730. The van der Waals surface area contributed by atoms with Gasteiger partial charge in [0.2, 0.25) is 10.0 Å². The molecule has 0 aliphatic carbocycles. The maximum absolute atomic E-state index is 13.0. The summed E-state index contributed by atoms with van der Waals surface area (Å²) in [6, 6.07) is 4.77. The molecule has 10 heteroatoms. The maximum Gasteiger partial charge on any atom is 0.287 e. The van der Waals surface area contributed by atoms with Crippen LogP contribution in [-0.4, -0.2) is 101 Å². The Hall–Kier alpha value is -1.98. The van der Waals surface area contributed by atoms with Gasteiger partial charge in [-0.05, 0) is 44.6 Å². The zero-order valence-corrected chi connectivity index (χ0v) is 20.3. The van der Waals surface area contributed by atoms with E-state index in [1.54, 1.807) is 19.1 Å². The number of likely N-dealkylation sites (N-methyl/N-ethyl adjacent to an activating group) is 1. The van der Waals surface area contributed by atoms with Crippen LogP contribution in [0.5, 0.6) is 0 Å². The molecule has 2 aliphatic rings. The number of hydrogen-bond donors (Lipinski definition) is 1. The Morgan fingerprint density at radius 2 is 1.76 bits per heavy atom. The number of ether oxygens (including phenoxy) is 1. The minimum Gasteiger partial charge on any atom is -0.451 e. The highest BCUT2D eigenvalue weighted by Crippen LogP contribution is 2.29. The molecule has 182 valence electrons. The van der Waals surface area contributed by atoms with Crippen LogP contribution in [0.25, 0.3) is 11.0 Å². The van der Waals surface area contributed by atoms with Crippen molar-refractivity contribution in [3.63, 3.8) is 0 Å². The van der Waals surface area contributed by atoms with E-state index in [1.165, 1.54) is 10.4 Å². The van der Waals surface area contributed by atoms with Crippen molar-refractivity contribution in [2.24, 2.45) is 0 Å². The second-order valence-corrected chi connectivity index (χ2v) is 10.6. The highest BCUT2D eigenvalue weighted by molar-refractivity contribution is 7.89. The Kier molecular flexibility index (Phi) is 7.70. The standard InChI is InChI=1S/C23H34N4O5S/c1-3-25-9-11-26(12-10-25)8-4-7-24-23(28)22-18(2)20-17-19(5-6-21(20)32-22)33(29,30)27-13-15-31-16-14-27/h5-6,17H,3-4,7-16H2,1-2H3,(H,24,28). The second kappa shape index (κ2) is 10.5. The number of amides is 1. The number of carbonyl (C=O) groups is 1. The van der Waals surface area contributed by atoms with Crippen LogP contribution >= 0.6 is 0 Å². The van der Waals surface area contributed by atoms with Gasteiger partial charge in [-0.25, -0.2) is 8.42 Å². The van der Waals surface area contributed by atoms with Crippen LogP contribution in [0.2, 0.25) is 0 Å². The zero-order chi connectivity index (χ0) is 23.4. The number of nitrogens with one attached hydrogen (secondary N) is 1. The first-order valence-corrected chi connectivity index (χ1v) is 13.2. The van der Waals surface area contributed by atoms with E-state index in [4.69, 9.17) is 9.15 Å². The van der Waals surface area contributed by atoms with Crippen LogP contribution in [0, 0.1) is 6.92 Å². The third-order valence-corrected chi connectivity index (χ3v) is 8.47. The van der Waals surface area contributed by atoms with E-state index in [-0.39, 0.29) is 16.6 Å². The number of benzene rings is 1. The summed E-state index contributed by atoms with van der Waals surface area (Å²) in [6.45, 7) is 12.4. The summed E-state index contributed by atoms with van der Waals surface area (Å²) in [5.74, 6) is -0.0282. The molecular formula is C23H34N4O5S. The van der Waals surface area contributed by atoms with Crippen molar-refractivity contribution >= 4 is 26.9 Å². The summed E-state index contributed by atoms with van der Waals surface area (Å²) >= 11 is 0. The molecule has 0 radical (unpaired) electrons. The molecule has 0 saturated carbocycles. The van der Waals surface area contributed by atoms with Crippen molar-refractivity contribution in [3.8, 4) is 0 Å². The number of fused-ring (bicyclic) bond motifs is 1. The number of rotatable bonds is 8. The number of hydrogen-bond acceptors (Lipinski definition) is 7. The van der Waals surface area contributed by atoms with Crippen molar-refractivity contribution < 1.29 is 22.4 Å². The molecule has 0 spiro atoms. The van der Waals surface area contributed by atoms with Crippen LogP contribution in [0.15, 0.2) is 27.5 Å². The Balaban J connectivity index is 1.37. The first kappa shape index (κ1) is 24.2. The van der Waals surface area contributed by atoms with E-state index in [9.17, 15) is 13.2 Å². The van der Waals surface area contributed by atoms with E-state index in [1.807, 2.05) is 0 Å². The van der Waals surface area contributed by atoms with Crippen molar-refractivity contribution in [1.29, 1.82) is 0 Å². The molecule has 1 aromatic carbocycles. The van der Waals surface area contributed by atoms with Crippen molar-refractivity contribution in [2.75, 3.05) is 72.1 Å². The van der Waals surface area contributed by atoms with Crippen LogP contribution in [0.4, 0.5) is 0 Å². The van der Waals surface area contributed by atoms with Crippen LogP contribution in [0.3, 0.4) is 0 Å². The first-order valence-electron chi connectivity index (χ1n) is 11.7. The largest absolute Gasteiger partial charge is 0.451 e. The molecule has 0 unspecified atom stereocenters. The monoisotopic (exact) mass is 478 g/mol. The van der Waals surface area contributed by atoms with E-state index < -0.39 is 10.0 Å². The fourth-order valence-corrected chi connectivity index (χ4v) is 5.86. The average Bonchev–Trinajstić information content (AvgIpc) is 3.18. The van der Waals surface area contributed by atoms with Crippen LogP contribution < -0.4 is 5.32 Å². The highest BCUT2D eigenvalue weighted by Gasteiger charge is 2.27. The SMILES string of the molecule is CCN1CCN(CCCNC(=O)c2oc3ccc(S(=O)(=O)N4CCOCC4)cc3c2C)CC1.